The molecule has 0 aromatic heterocycles. The summed E-state index contributed by atoms with van der Waals surface area (Å²) in [4.78, 5) is 21.3. The standard InChI is InChI=1S/2C7H6FNO2.2C6H5.Sn/c2*8-6-3-1-5(2-4-6)7(10)9-11;2*1-2-4-6-5-3-1;/h2*1-4,11H,(H,9,10);2*1-5H;. The van der Waals surface area contributed by atoms with Crippen LogP contribution in [0.2, 0.25) is 0 Å². The van der Waals surface area contributed by atoms with E-state index in [1.807, 2.05) is 0 Å². The van der Waals surface area contributed by atoms with Crippen LogP contribution in [0.3, 0.4) is 0 Å². The molecular weight excluding hydrogens is 561 g/mol. The first kappa shape index (κ1) is 27.6. The van der Waals surface area contributed by atoms with Crippen LogP contribution in [0, 0.1) is 11.6 Å². The van der Waals surface area contributed by atoms with Crippen molar-refractivity contribution in [3.8, 4) is 0 Å². The second kappa shape index (κ2) is 15.3. The van der Waals surface area contributed by atoms with E-state index in [4.69, 9.17) is 10.4 Å². The first-order valence-corrected chi connectivity index (χ1v) is 13.1. The Balaban J connectivity index is 0.000000186. The molecule has 6 nitrogen and oxygen atoms in total. The summed E-state index contributed by atoms with van der Waals surface area (Å²) < 4.78 is 27.6. The maximum atomic E-state index is 12.3. The molecule has 178 valence electrons. The van der Waals surface area contributed by atoms with Crippen LogP contribution in [-0.4, -0.2) is 43.4 Å². The zero-order chi connectivity index (χ0) is 25.5. The Labute approximate surface area is 211 Å². The van der Waals surface area contributed by atoms with Gasteiger partial charge in [0.1, 0.15) is 11.6 Å². The molecule has 0 atom stereocenters. The Morgan fingerprint density at radius 2 is 0.857 bits per heavy atom. The molecule has 0 heterocycles. The van der Waals surface area contributed by atoms with E-state index in [0.29, 0.717) is 0 Å². The van der Waals surface area contributed by atoms with Crippen molar-refractivity contribution in [3.63, 3.8) is 0 Å². The molecule has 2 radical (unpaired) electrons. The number of hydrogen-bond acceptors (Lipinski definition) is 4. The van der Waals surface area contributed by atoms with Crippen LogP contribution in [0.25, 0.3) is 0 Å². The number of nitrogens with one attached hydrogen (secondary N) is 2. The zero-order valence-electron chi connectivity index (χ0n) is 18.4. The molecule has 0 bridgehead atoms. The van der Waals surface area contributed by atoms with Gasteiger partial charge < -0.3 is 0 Å². The van der Waals surface area contributed by atoms with E-state index in [9.17, 15) is 18.4 Å². The number of carbonyl (C=O) groups is 2. The van der Waals surface area contributed by atoms with Gasteiger partial charge in [-0.3, -0.25) is 20.0 Å². The zero-order valence-corrected chi connectivity index (χ0v) is 21.2. The van der Waals surface area contributed by atoms with Crippen molar-refractivity contribution in [1.29, 1.82) is 0 Å². The molecule has 4 aromatic rings. The summed E-state index contributed by atoms with van der Waals surface area (Å²) in [6.45, 7) is 0. The third-order valence-electron chi connectivity index (χ3n) is 4.25. The van der Waals surface area contributed by atoms with Crippen molar-refractivity contribution in [3.05, 3.63) is 132 Å². The van der Waals surface area contributed by atoms with Crippen molar-refractivity contribution in [1.82, 2.24) is 11.0 Å². The Bertz CT molecular complexity index is 1080. The van der Waals surface area contributed by atoms with Crippen LogP contribution in [0.5, 0.6) is 0 Å². The molecule has 0 aliphatic rings. The quantitative estimate of drug-likeness (QED) is 0.169. The summed E-state index contributed by atoms with van der Waals surface area (Å²) in [7, 11) is 0. The van der Waals surface area contributed by atoms with Gasteiger partial charge in [-0.05, 0) is 48.5 Å². The Morgan fingerprint density at radius 3 is 1.14 bits per heavy atom. The first-order valence-electron chi connectivity index (χ1n) is 10.2. The molecule has 0 aliphatic carbocycles. The number of rotatable bonds is 4. The SMILES string of the molecule is O=C(NO)c1ccc(F)cc1.O=C(NO)c1ccc(F)cc1.c1cc[c]([Sn][c]2ccccc2)cc1. The molecular formula is C26H22F2N2O4Sn. The summed E-state index contributed by atoms with van der Waals surface area (Å²) in [5, 5.41) is 16.3. The third-order valence-corrected chi connectivity index (χ3v) is 7.80. The van der Waals surface area contributed by atoms with Crippen molar-refractivity contribution in [2.24, 2.45) is 0 Å². The molecule has 4 rings (SSSR count). The summed E-state index contributed by atoms with van der Waals surface area (Å²) in [6, 6.07) is 31.3. The number of amides is 2. The van der Waals surface area contributed by atoms with E-state index in [0.717, 1.165) is 24.3 Å². The predicted octanol–water partition coefficient (Wildman–Crippen LogP) is 3.23. The number of carbonyl (C=O) groups excluding carboxylic acids is 2. The van der Waals surface area contributed by atoms with Gasteiger partial charge in [0.2, 0.25) is 0 Å². The topological polar surface area (TPSA) is 98.7 Å². The van der Waals surface area contributed by atoms with Gasteiger partial charge in [-0.15, -0.1) is 0 Å². The maximum absolute atomic E-state index is 12.3. The van der Waals surface area contributed by atoms with Gasteiger partial charge in [0.25, 0.3) is 11.8 Å². The Hall–Kier alpha value is -3.60. The van der Waals surface area contributed by atoms with E-state index in [1.54, 1.807) is 0 Å². The summed E-state index contributed by atoms with van der Waals surface area (Å²) >= 11 is -0.517. The molecule has 2 amide bonds. The van der Waals surface area contributed by atoms with Crippen LogP contribution in [0.1, 0.15) is 20.7 Å². The molecule has 9 heteroatoms. The van der Waals surface area contributed by atoms with Crippen LogP contribution in [-0.2, 0) is 0 Å². The molecule has 0 saturated carbocycles. The monoisotopic (exact) mass is 584 g/mol. The molecule has 0 spiro atoms. The van der Waals surface area contributed by atoms with Gasteiger partial charge in [-0.1, -0.05) is 0 Å². The molecule has 0 aliphatic heterocycles. The second-order valence-corrected chi connectivity index (χ2v) is 10.8. The Morgan fingerprint density at radius 1 is 0.543 bits per heavy atom. The summed E-state index contributed by atoms with van der Waals surface area (Å²) in [5.74, 6) is -2.13. The fraction of sp³-hybridized carbons (Fsp3) is 0. The van der Waals surface area contributed by atoms with Gasteiger partial charge >= 0.3 is 89.0 Å². The van der Waals surface area contributed by atoms with Crippen molar-refractivity contribution < 1.29 is 28.8 Å². The van der Waals surface area contributed by atoms with E-state index < -0.39 is 44.6 Å². The minimum absolute atomic E-state index is 0.217. The van der Waals surface area contributed by atoms with Gasteiger partial charge in [0.15, 0.2) is 0 Å². The molecule has 35 heavy (non-hydrogen) atoms. The van der Waals surface area contributed by atoms with Gasteiger partial charge in [-0.2, -0.15) is 0 Å². The molecule has 0 unspecified atom stereocenters. The van der Waals surface area contributed by atoms with E-state index in [2.05, 4.69) is 60.7 Å². The average molecular weight is 583 g/mol. The van der Waals surface area contributed by atoms with Crippen LogP contribution >= 0.6 is 0 Å². The van der Waals surface area contributed by atoms with Gasteiger partial charge in [-0.25, -0.2) is 19.7 Å². The van der Waals surface area contributed by atoms with Crippen molar-refractivity contribution in [2.75, 3.05) is 0 Å². The number of halogens is 2. The molecule has 4 aromatic carbocycles. The Kier molecular flexibility index (Phi) is 12.1. The first-order chi connectivity index (χ1) is 16.9. The molecule has 4 N–H and O–H groups in total. The third kappa shape index (κ3) is 10.5. The fourth-order valence-electron chi connectivity index (χ4n) is 2.54. The van der Waals surface area contributed by atoms with E-state index in [-0.39, 0.29) is 11.1 Å². The minimum atomic E-state index is -0.648. The van der Waals surface area contributed by atoms with Crippen molar-refractivity contribution >= 4 is 40.1 Å². The summed E-state index contributed by atoms with van der Waals surface area (Å²) in [5.41, 5.74) is 3.31. The van der Waals surface area contributed by atoms with E-state index >= 15 is 0 Å². The molecule has 0 saturated heterocycles. The normalized spacial score (nSPS) is 9.49. The van der Waals surface area contributed by atoms with Crippen LogP contribution in [0.4, 0.5) is 8.78 Å². The fourth-order valence-corrected chi connectivity index (χ4v) is 5.54. The average Bonchev–Trinajstić information content (AvgIpc) is 2.90. The van der Waals surface area contributed by atoms with Gasteiger partial charge in [0, 0.05) is 11.1 Å². The van der Waals surface area contributed by atoms with Crippen LogP contribution in [0.15, 0.2) is 109 Å². The predicted molar refractivity (Wildman–Crippen MR) is 129 cm³/mol. The number of hydrogen-bond donors (Lipinski definition) is 4. The summed E-state index contributed by atoms with van der Waals surface area (Å²) in [6.07, 6.45) is 0. The number of benzene rings is 4. The van der Waals surface area contributed by atoms with Crippen molar-refractivity contribution in [2.45, 2.75) is 0 Å². The van der Waals surface area contributed by atoms with E-state index in [1.165, 1.54) is 42.4 Å². The van der Waals surface area contributed by atoms with Gasteiger partial charge in [0.05, 0.1) is 0 Å². The van der Waals surface area contributed by atoms with Crippen LogP contribution < -0.4 is 18.1 Å². The molecule has 0 fully saturated rings. The number of hydroxylamine groups is 2. The second-order valence-electron chi connectivity index (χ2n) is 6.75.